The average Bonchev–Trinajstić information content (AvgIpc) is 3.13. The van der Waals surface area contributed by atoms with Crippen molar-refractivity contribution >= 4 is 11.9 Å². The Balaban J connectivity index is 1.50. The summed E-state index contributed by atoms with van der Waals surface area (Å²) in [6, 6.07) is 0. The third-order valence-electron chi connectivity index (χ3n) is 10.8. The van der Waals surface area contributed by atoms with Crippen LogP contribution in [0.25, 0.3) is 0 Å². The minimum absolute atomic E-state index is 0.0386. The van der Waals surface area contributed by atoms with Gasteiger partial charge < -0.3 is 25.7 Å². The third kappa shape index (κ3) is 4.02. The lowest BCUT2D eigenvalue weighted by molar-refractivity contribution is -0.254. The second-order valence-corrected chi connectivity index (χ2v) is 12.3. The Hall–Kier alpha value is -1.18. The van der Waals surface area contributed by atoms with E-state index in [9.17, 15) is 24.9 Å². The highest BCUT2D eigenvalue weighted by atomic mass is 16.4. The SMILES string of the molecule is C[C@H](CCC(=O)NCC(=O)O)[C@@H]1CC[C@@H]2[C@@]3(O)CC[C@@H]4C[C@H](O)CC[C@]4(C)[C@@H]3C[C@H](O)[C@@]21C. The zero-order valence-corrected chi connectivity index (χ0v) is 20.4. The van der Waals surface area contributed by atoms with Crippen molar-refractivity contribution in [2.75, 3.05) is 6.54 Å². The molecular formula is C26H43NO6. The Labute approximate surface area is 197 Å². The van der Waals surface area contributed by atoms with Crippen molar-refractivity contribution in [2.24, 2.45) is 40.4 Å². The van der Waals surface area contributed by atoms with Crippen LogP contribution in [0.5, 0.6) is 0 Å². The Morgan fingerprint density at radius 1 is 1.03 bits per heavy atom. The third-order valence-corrected chi connectivity index (χ3v) is 10.8. The van der Waals surface area contributed by atoms with Crippen LogP contribution in [0.4, 0.5) is 0 Å². The number of aliphatic hydroxyl groups excluding tert-OH is 2. The first-order chi connectivity index (χ1) is 15.4. The Morgan fingerprint density at radius 3 is 2.45 bits per heavy atom. The maximum absolute atomic E-state index is 12.3. The van der Waals surface area contributed by atoms with E-state index < -0.39 is 17.7 Å². The first kappa shape index (κ1) is 24.9. The van der Waals surface area contributed by atoms with Gasteiger partial charge in [-0.2, -0.15) is 0 Å². The molecule has 1 amide bonds. The van der Waals surface area contributed by atoms with Gasteiger partial charge in [-0.25, -0.2) is 0 Å². The highest BCUT2D eigenvalue weighted by Crippen LogP contribution is 2.69. The van der Waals surface area contributed by atoms with Crippen LogP contribution in [-0.2, 0) is 9.59 Å². The average molecular weight is 466 g/mol. The van der Waals surface area contributed by atoms with Crippen molar-refractivity contribution in [2.45, 2.75) is 103 Å². The minimum Gasteiger partial charge on any atom is -0.480 e. The number of aliphatic hydroxyl groups is 3. The first-order valence-corrected chi connectivity index (χ1v) is 13.0. The number of carbonyl (C=O) groups is 2. The van der Waals surface area contributed by atoms with Gasteiger partial charge in [-0.15, -0.1) is 0 Å². The number of amides is 1. The number of fused-ring (bicyclic) bond motifs is 5. The van der Waals surface area contributed by atoms with Crippen molar-refractivity contribution in [1.29, 1.82) is 0 Å². The van der Waals surface area contributed by atoms with E-state index in [2.05, 4.69) is 26.1 Å². The van der Waals surface area contributed by atoms with Gasteiger partial charge in [0.2, 0.25) is 5.91 Å². The lowest BCUT2D eigenvalue weighted by atomic mass is 9.42. The van der Waals surface area contributed by atoms with Crippen molar-refractivity contribution < 1.29 is 30.0 Å². The molecule has 0 bridgehead atoms. The zero-order chi connectivity index (χ0) is 24.2. The zero-order valence-electron chi connectivity index (χ0n) is 20.4. The number of aliphatic carboxylic acids is 1. The Bertz CT molecular complexity index is 774. The van der Waals surface area contributed by atoms with E-state index in [0.717, 1.165) is 44.9 Å². The molecule has 0 aromatic rings. The molecule has 10 atom stereocenters. The Kier molecular flexibility index (Phi) is 6.64. The van der Waals surface area contributed by atoms with E-state index in [1.54, 1.807) is 0 Å². The van der Waals surface area contributed by atoms with Crippen LogP contribution in [0, 0.1) is 40.4 Å². The molecular weight excluding hydrogens is 422 g/mol. The van der Waals surface area contributed by atoms with E-state index in [-0.39, 0.29) is 59.5 Å². The van der Waals surface area contributed by atoms with Crippen LogP contribution in [0.1, 0.15) is 85.0 Å². The molecule has 0 radical (unpaired) electrons. The summed E-state index contributed by atoms with van der Waals surface area (Å²) >= 11 is 0. The van der Waals surface area contributed by atoms with E-state index in [4.69, 9.17) is 5.11 Å². The van der Waals surface area contributed by atoms with Crippen molar-refractivity contribution in [3.05, 3.63) is 0 Å². The fourth-order valence-electron chi connectivity index (χ4n) is 9.04. The minimum atomic E-state index is -1.05. The molecule has 5 N–H and O–H groups in total. The number of carboxylic acid groups (broad SMARTS) is 1. The van der Waals surface area contributed by atoms with Crippen molar-refractivity contribution in [1.82, 2.24) is 5.32 Å². The molecule has 0 aliphatic heterocycles. The molecule has 0 saturated heterocycles. The smallest absolute Gasteiger partial charge is 0.322 e. The quantitative estimate of drug-likeness (QED) is 0.410. The molecule has 0 aromatic heterocycles. The van der Waals surface area contributed by atoms with E-state index >= 15 is 0 Å². The van der Waals surface area contributed by atoms with Gasteiger partial charge in [0.25, 0.3) is 0 Å². The van der Waals surface area contributed by atoms with Gasteiger partial charge >= 0.3 is 5.97 Å². The predicted molar refractivity (Wildman–Crippen MR) is 123 cm³/mol. The molecule has 4 saturated carbocycles. The van der Waals surface area contributed by atoms with Gasteiger partial charge in [0.15, 0.2) is 0 Å². The maximum Gasteiger partial charge on any atom is 0.322 e. The second-order valence-electron chi connectivity index (χ2n) is 12.3. The fourth-order valence-corrected chi connectivity index (χ4v) is 9.04. The summed E-state index contributed by atoms with van der Waals surface area (Å²) < 4.78 is 0. The largest absolute Gasteiger partial charge is 0.480 e. The molecule has 0 aromatic carbocycles. The van der Waals surface area contributed by atoms with Gasteiger partial charge in [-0.3, -0.25) is 9.59 Å². The number of rotatable bonds is 6. The summed E-state index contributed by atoms with van der Waals surface area (Å²) in [4.78, 5) is 22.7. The van der Waals surface area contributed by atoms with Crippen LogP contribution in [0.2, 0.25) is 0 Å². The number of nitrogens with one attached hydrogen (secondary N) is 1. The van der Waals surface area contributed by atoms with Crippen LogP contribution in [-0.4, -0.2) is 56.7 Å². The molecule has 4 aliphatic rings. The molecule has 7 heteroatoms. The van der Waals surface area contributed by atoms with Gasteiger partial charge in [0.1, 0.15) is 6.54 Å². The van der Waals surface area contributed by atoms with Gasteiger partial charge in [0.05, 0.1) is 17.8 Å². The summed E-state index contributed by atoms with van der Waals surface area (Å²) in [6.07, 6.45) is 6.80. The molecule has 0 heterocycles. The predicted octanol–water partition coefficient (Wildman–Crippen LogP) is 2.71. The first-order valence-electron chi connectivity index (χ1n) is 13.0. The molecule has 33 heavy (non-hydrogen) atoms. The highest BCUT2D eigenvalue weighted by molar-refractivity contribution is 5.81. The van der Waals surface area contributed by atoms with Crippen molar-refractivity contribution in [3.63, 3.8) is 0 Å². The van der Waals surface area contributed by atoms with Crippen LogP contribution < -0.4 is 5.32 Å². The van der Waals surface area contributed by atoms with Crippen molar-refractivity contribution in [3.8, 4) is 0 Å². The maximum atomic E-state index is 12.3. The van der Waals surface area contributed by atoms with Gasteiger partial charge in [-0.1, -0.05) is 20.8 Å². The molecule has 4 rings (SSSR count). The van der Waals surface area contributed by atoms with E-state index in [0.29, 0.717) is 18.8 Å². The lowest BCUT2D eigenvalue weighted by Gasteiger charge is -2.65. The number of hydrogen-bond acceptors (Lipinski definition) is 5. The summed E-state index contributed by atoms with van der Waals surface area (Å²) in [5, 5.41) is 45.3. The molecule has 7 nitrogen and oxygen atoms in total. The second kappa shape index (κ2) is 8.80. The molecule has 188 valence electrons. The van der Waals surface area contributed by atoms with Gasteiger partial charge in [0, 0.05) is 11.8 Å². The number of hydrogen-bond donors (Lipinski definition) is 5. The highest BCUT2D eigenvalue weighted by Gasteiger charge is 2.69. The Morgan fingerprint density at radius 2 is 1.76 bits per heavy atom. The van der Waals surface area contributed by atoms with Crippen LogP contribution in [0.3, 0.4) is 0 Å². The van der Waals surface area contributed by atoms with Crippen LogP contribution >= 0.6 is 0 Å². The summed E-state index contributed by atoms with van der Waals surface area (Å²) in [5.41, 5.74) is -1.21. The number of carboxylic acids is 1. The summed E-state index contributed by atoms with van der Waals surface area (Å²) in [6.45, 7) is 6.22. The standard InChI is InChI=1S/C26H43NO6/c1-15(4-7-22(30)27-14-23(31)32)18-5-6-19-25(18,3)21(29)13-20-24(2)10-9-17(28)12-16(24)8-11-26(19,20)33/h15-21,28-29,33H,4-14H2,1-3H3,(H,27,30)(H,31,32)/t15-,16-,17-,18+,19+,20+,21+,24+,25-,26+/m1/s1. The summed E-state index contributed by atoms with van der Waals surface area (Å²) in [5.74, 6) is -0.389. The molecule has 0 spiro atoms. The molecule has 4 fully saturated rings. The molecule has 4 aliphatic carbocycles. The van der Waals surface area contributed by atoms with Gasteiger partial charge in [-0.05, 0) is 92.8 Å². The molecule has 0 unspecified atom stereocenters. The normalized spacial score (nSPS) is 47.7. The van der Waals surface area contributed by atoms with Crippen LogP contribution in [0.15, 0.2) is 0 Å². The monoisotopic (exact) mass is 465 g/mol. The lowest BCUT2D eigenvalue weighted by Crippen LogP contribution is -2.67. The topological polar surface area (TPSA) is 127 Å². The van der Waals surface area contributed by atoms with E-state index in [1.165, 1.54) is 0 Å². The fraction of sp³-hybridized carbons (Fsp3) is 0.923. The van der Waals surface area contributed by atoms with E-state index in [1.807, 2.05) is 0 Å². The number of carbonyl (C=O) groups excluding carboxylic acids is 1. The summed E-state index contributed by atoms with van der Waals surface area (Å²) in [7, 11) is 0.